The number of benzene rings is 1. The molecule has 2 heterocycles. The molecular weight excluding hydrogens is 353 g/mol. The van der Waals surface area contributed by atoms with Gasteiger partial charge < -0.3 is 4.57 Å². The SMILES string of the molecule is CCCn1nnnc1CSc1nnc(-c2ccccc2F)n1CC(C)C. The van der Waals surface area contributed by atoms with E-state index in [1.165, 1.54) is 17.8 Å². The largest absolute Gasteiger partial charge is 0.302 e. The summed E-state index contributed by atoms with van der Waals surface area (Å²) < 4.78 is 18.0. The number of aryl methyl sites for hydroxylation is 1. The van der Waals surface area contributed by atoms with Crippen molar-refractivity contribution in [2.45, 2.75) is 51.2 Å². The molecule has 7 nitrogen and oxygen atoms in total. The highest BCUT2D eigenvalue weighted by molar-refractivity contribution is 7.98. The Kier molecular flexibility index (Phi) is 5.97. The van der Waals surface area contributed by atoms with E-state index in [1.54, 1.807) is 22.9 Å². The van der Waals surface area contributed by atoms with E-state index in [0.29, 0.717) is 29.6 Å². The normalized spacial score (nSPS) is 11.4. The molecule has 0 aliphatic carbocycles. The van der Waals surface area contributed by atoms with Gasteiger partial charge in [0.25, 0.3) is 0 Å². The van der Waals surface area contributed by atoms with Crippen molar-refractivity contribution in [1.82, 2.24) is 35.0 Å². The molecule has 0 radical (unpaired) electrons. The van der Waals surface area contributed by atoms with Crippen LogP contribution in [0.2, 0.25) is 0 Å². The fourth-order valence-corrected chi connectivity index (χ4v) is 3.49. The molecule has 138 valence electrons. The van der Waals surface area contributed by atoms with Gasteiger partial charge in [0.2, 0.25) is 0 Å². The minimum atomic E-state index is -0.298. The molecule has 0 saturated heterocycles. The lowest BCUT2D eigenvalue weighted by molar-refractivity contribution is 0.496. The molecule has 0 N–H and O–H groups in total. The van der Waals surface area contributed by atoms with Crippen molar-refractivity contribution < 1.29 is 4.39 Å². The zero-order chi connectivity index (χ0) is 18.5. The van der Waals surface area contributed by atoms with Crippen LogP contribution in [0.25, 0.3) is 11.4 Å². The van der Waals surface area contributed by atoms with Gasteiger partial charge >= 0.3 is 0 Å². The van der Waals surface area contributed by atoms with E-state index in [-0.39, 0.29) is 5.82 Å². The van der Waals surface area contributed by atoms with Gasteiger partial charge in [-0.05, 0) is 34.9 Å². The van der Waals surface area contributed by atoms with E-state index in [4.69, 9.17) is 0 Å². The predicted octanol–water partition coefficient (Wildman–Crippen LogP) is 3.43. The summed E-state index contributed by atoms with van der Waals surface area (Å²) >= 11 is 1.51. The Morgan fingerprint density at radius 2 is 1.96 bits per heavy atom. The first kappa shape index (κ1) is 18.5. The third-order valence-electron chi connectivity index (χ3n) is 3.75. The van der Waals surface area contributed by atoms with E-state index >= 15 is 0 Å². The van der Waals surface area contributed by atoms with Crippen LogP contribution in [0, 0.1) is 11.7 Å². The second kappa shape index (κ2) is 8.39. The molecule has 0 unspecified atom stereocenters. The van der Waals surface area contributed by atoms with Gasteiger partial charge in [0, 0.05) is 13.1 Å². The fraction of sp³-hybridized carbons (Fsp3) is 0.471. The molecule has 0 fully saturated rings. The van der Waals surface area contributed by atoms with Crippen molar-refractivity contribution >= 4 is 11.8 Å². The topological polar surface area (TPSA) is 74.3 Å². The van der Waals surface area contributed by atoms with E-state index in [2.05, 4.69) is 46.5 Å². The molecule has 2 aromatic heterocycles. The average molecular weight is 375 g/mol. The minimum Gasteiger partial charge on any atom is -0.302 e. The lowest BCUT2D eigenvalue weighted by atomic mass is 10.2. The van der Waals surface area contributed by atoms with Gasteiger partial charge in [-0.2, -0.15) is 0 Å². The molecular formula is C17H22FN7S. The average Bonchev–Trinajstić information content (AvgIpc) is 3.20. The Balaban J connectivity index is 1.87. The van der Waals surface area contributed by atoms with E-state index in [0.717, 1.165) is 23.9 Å². The van der Waals surface area contributed by atoms with E-state index < -0.39 is 0 Å². The number of thioether (sulfide) groups is 1. The molecule has 0 aliphatic heterocycles. The molecule has 1 aromatic carbocycles. The third kappa shape index (κ3) is 4.09. The maximum absolute atomic E-state index is 14.2. The molecule has 0 spiro atoms. The van der Waals surface area contributed by atoms with Gasteiger partial charge in [0.15, 0.2) is 16.8 Å². The molecule has 0 bridgehead atoms. The van der Waals surface area contributed by atoms with Gasteiger partial charge in [0.05, 0.1) is 11.3 Å². The predicted molar refractivity (Wildman–Crippen MR) is 97.9 cm³/mol. The number of tetrazole rings is 1. The highest BCUT2D eigenvalue weighted by Gasteiger charge is 2.18. The summed E-state index contributed by atoms with van der Waals surface area (Å²) in [7, 11) is 0. The first-order valence-corrected chi connectivity index (χ1v) is 9.64. The smallest absolute Gasteiger partial charge is 0.191 e. The number of hydrogen-bond donors (Lipinski definition) is 0. The number of hydrogen-bond acceptors (Lipinski definition) is 6. The van der Waals surface area contributed by atoms with Gasteiger partial charge in [-0.1, -0.05) is 44.7 Å². The Labute approximate surface area is 156 Å². The molecule has 0 atom stereocenters. The van der Waals surface area contributed by atoms with Crippen molar-refractivity contribution in [3.8, 4) is 11.4 Å². The Morgan fingerprint density at radius 3 is 2.69 bits per heavy atom. The van der Waals surface area contributed by atoms with Crippen molar-refractivity contribution in [2.24, 2.45) is 5.92 Å². The third-order valence-corrected chi connectivity index (χ3v) is 4.71. The van der Waals surface area contributed by atoms with Crippen LogP contribution >= 0.6 is 11.8 Å². The van der Waals surface area contributed by atoms with Crippen LogP contribution in [0.1, 0.15) is 33.0 Å². The summed E-state index contributed by atoms with van der Waals surface area (Å²) in [6.07, 6.45) is 0.962. The Hall–Kier alpha value is -2.29. The quantitative estimate of drug-likeness (QED) is 0.562. The summed E-state index contributed by atoms with van der Waals surface area (Å²) in [5, 5.41) is 21.1. The zero-order valence-electron chi connectivity index (χ0n) is 15.1. The molecule has 9 heteroatoms. The monoisotopic (exact) mass is 375 g/mol. The standard InChI is InChI=1S/C17H22FN7S/c1-4-9-25-15(19-22-23-25)11-26-17-21-20-16(24(17)10-12(2)3)13-7-5-6-8-14(13)18/h5-8,12H,4,9-11H2,1-3H3. The fourth-order valence-electron chi connectivity index (χ4n) is 2.61. The highest BCUT2D eigenvalue weighted by atomic mass is 32.2. The van der Waals surface area contributed by atoms with Crippen LogP contribution in [-0.4, -0.2) is 35.0 Å². The van der Waals surface area contributed by atoms with Gasteiger partial charge in [-0.25, -0.2) is 9.07 Å². The van der Waals surface area contributed by atoms with Crippen molar-refractivity contribution in [3.05, 3.63) is 35.9 Å². The Morgan fingerprint density at radius 1 is 1.15 bits per heavy atom. The summed E-state index contributed by atoms with van der Waals surface area (Å²) in [4.78, 5) is 0. The molecule has 3 aromatic rings. The van der Waals surface area contributed by atoms with Crippen molar-refractivity contribution in [1.29, 1.82) is 0 Å². The molecule has 26 heavy (non-hydrogen) atoms. The zero-order valence-corrected chi connectivity index (χ0v) is 15.9. The van der Waals surface area contributed by atoms with Crippen molar-refractivity contribution in [3.63, 3.8) is 0 Å². The lowest BCUT2D eigenvalue weighted by Gasteiger charge is -2.12. The van der Waals surface area contributed by atoms with Gasteiger partial charge in [-0.15, -0.1) is 15.3 Å². The summed E-state index contributed by atoms with van der Waals surface area (Å²) in [6, 6.07) is 6.64. The second-order valence-electron chi connectivity index (χ2n) is 6.40. The number of aromatic nitrogens is 7. The van der Waals surface area contributed by atoms with Gasteiger partial charge in [-0.3, -0.25) is 0 Å². The molecule has 0 aliphatic rings. The van der Waals surface area contributed by atoms with E-state index in [9.17, 15) is 4.39 Å². The lowest BCUT2D eigenvalue weighted by Crippen LogP contribution is -2.09. The maximum atomic E-state index is 14.2. The number of rotatable bonds is 8. The first-order chi connectivity index (χ1) is 12.6. The van der Waals surface area contributed by atoms with E-state index in [1.807, 2.05) is 4.57 Å². The number of nitrogens with zero attached hydrogens (tertiary/aromatic N) is 7. The first-order valence-electron chi connectivity index (χ1n) is 8.66. The summed E-state index contributed by atoms with van der Waals surface area (Å²) in [5.41, 5.74) is 0.461. The molecule has 0 saturated carbocycles. The maximum Gasteiger partial charge on any atom is 0.191 e. The van der Waals surface area contributed by atoms with Crippen LogP contribution in [0.4, 0.5) is 4.39 Å². The van der Waals surface area contributed by atoms with Crippen molar-refractivity contribution in [2.75, 3.05) is 0 Å². The van der Waals surface area contributed by atoms with Crippen LogP contribution in [0.15, 0.2) is 29.4 Å². The van der Waals surface area contributed by atoms with Crippen LogP contribution in [-0.2, 0) is 18.8 Å². The second-order valence-corrected chi connectivity index (χ2v) is 7.34. The molecule has 3 rings (SSSR count). The van der Waals surface area contributed by atoms with Crippen LogP contribution in [0.3, 0.4) is 0 Å². The number of halogens is 1. The van der Waals surface area contributed by atoms with Crippen LogP contribution in [0.5, 0.6) is 0 Å². The van der Waals surface area contributed by atoms with Crippen LogP contribution < -0.4 is 0 Å². The summed E-state index contributed by atoms with van der Waals surface area (Å²) in [5.74, 6) is 2.01. The summed E-state index contributed by atoms with van der Waals surface area (Å²) in [6.45, 7) is 7.79. The van der Waals surface area contributed by atoms with Gasteiger partial charge in [0.1, 0.15) is 5.82 Å². The minimum absolute atomic E-state index is 0.298. The molecule has 0 amide bonds. The highest BCUT2D eigenvalue weighted by Crippen LogP contribution is 2.28. The Bertz CT molecular complexity index is 858.